The number of amides is 2. The molecule has 2 aromatic rings. The summed E-state index contributed by atoms with van der Waals surface area (Å²) >= 11 is 1.46. The fourth-order valence-corrected chi connectivity index (χ4v) is 4.99. The minimum absolute atomic E-state index is 0.0174. The van der Waals surface area contributed by atoms with Crippen molar-refractivity contribution in [2.75, 3.05) is 31.5 Å². The molecule has 0 aliphatic carbocycles. The molecule has 154 valence electrons. The summed E-state index contributed by atoms with van der Waals surface area (Å²) in [5.74, 6) is -0.0942. The number of nitrogens with zero attached hydrogens (tertiary/aromatic N) is 2. The number of hydrogen-bond acceptors (Lipinski definition) is 4. The van der Waals surface area contributed by atoms with Gasteiger partial charge in [-0.3, -0.25) is 14.5 Å². The van der Waals surface area contributed by atoms with Crippen LogP contribution in [-0.4, -0.2) is 47.8 Å². The highest BCUT2D eigenvalue weighted by atomic mass is 32.1. The van der Waals surface area contributed by atoms with Gasteiger partial charge in [0.05, 0.1) is 10.8 Å². The Hall–Kier alpha value is -2.18. The van der Waals surface area contributed by atoms with Gasteiger partial charge in [0, 0.05) is 25.3 Å². The van der Waals surface area contributed by atoms with Gasteiger partial charge in [-0.1, -0.05) is 24.6 Å². The van der Waals surface area contributed by atoms with Crippen LogP contribution >= 0.6 is 11.3 Å². The minimum atomic E-state index is -0.154. The molecule has 3 heterocycles. The van der Waals surface area contributed by atoms with Crippen LogP contribution in [0.25, 0.3) is 0 Å². The second-order valence-electron chi connectivity index (χ2n) is 8.09. The Bertz CT molecular complexity index is 830. The van der Waals surface area contributed by atoms with E-state index < -0.39 is 0 Å². The largest absolute Gasteiger partial charge is 0.337 e. The summed E-state index contributed by atoms with van der Waals surface area (Å²) in [6.07, 6.45) is 5.58. The van der Waals surface area contributed by atoms with Crippen molar-refractivity contribution in [3.05, 3.63) is 52.2 Å². The van der Waals surface area contributed by atoms with Crippen molar-refractivity contribution in [2.45, 2.75) is 38.6 Å². The molecular formula is C23H29N3O2S. The van der Waals surface area contributed by atoms with Gasteiger partial charge in [-0.15, -0.1) is 11.3 Å². The Morgan fingerprint density at radius 3 is 2.69 bits per heavy atom. The third kappa shape index (κ3) is 5.25. The molecule has 5 nitrogen and oxygen atoms in total. The molecule has 0 radical (unpaired) electrons. The number of carbonyl (C=O) groups excluding carboxylic acids is 2. The van der Waals surface area contributed by atoms with Gasteiger partial charge < -0.3 is 10.2 Å². The van der Waals surface area contributed by atoms with E-state index in [1.165, 1.54) is 36.2 Å². The summed E-state index contributed by atoms with van der Waals surface area (Å²) in [5, 5.41) is 5.01. The van der Waals surface area contributed by atoms with Crippen molar-refractivity contribution in [3.8, 4) is 0 Å². The topological polar surface area (TPSA) is 52.7 Å². The van der Waals surface area contributed by atoms with Gasteiger partial charge in [0.2, 0.25) is 5.91 Å². The fourth-order valence-electron chi connectivity index (χ4n) is 4.30. The predicted octanol–water partition coefficient (Wildman–Crippen LogP) is 4.22. The molecule has 1 aromatic carbocycles. The summed E-state index contributed by atoms with van der Waals surface area (Å²) in [4.78, 5) is 30.5. The van der Waals surface area contributed by atoms with Crippen LogP contribution in [0.4, 0.5) is 5.69 Å². The van der Waals surface area contributed by atoms with Crippen LogP contribution in [0.2, 0.25) is 0 Å². The molecule has 1 atom stereocenters. The molecule has 2 aliphatic heterocycles. The quantitative estimate of drug-likeness (QED) is 0.801. The maximum Gasteiger partial charge on any atom is 0.263 e. The number of benzene rings is 1. The Labute approximate surface area is 176 Å². The molecule has 2 fully saturated rings. The molecule has 1 aromatic heterocycles. The maximum atomic E-state index is 12.9. The lowest BCUT2D eigenvalue weighted by atomic mass is 9.96. The lowest BCUT2D eigenvalue weighted by Gasteiger charge is -2.31. The smallest absolute Gasteiger partial charge is 0.263 e. The highest BCUT2D eigenvalue weighted by Crippen LogP contribution is 2.23. The van der Waals surface area contributed by atoms with E-state index >= 15 is 0 Å². The lowest BCUT2D eigenvalue weighted by Crippen LogP contribution is -2.43. The van der Waals surface area contributed by atoms with Gasteiger partial charge in [-0.05, 0) is 67.9 Å². The highest BCUT2D eigenvalue weighted by molar-refractivity contribution is 7.12. The van der Waals surface area contributed by atoms with E-state index in [0.717, 1.165) is 49.6 Å². The van der Waals surface area contributed by atoms with Crippen LogP contribution in [0, 0.1) is 5.92 Å². The maximum absolute atomic E-state index is 12.9. The SMILES string of the molecule is O=C(Nc1cccc(CN2CCCCC2)c1)C1CCCN(C(=O)c2cccs2)C1. The van der Waals surface area contributed by atoms with E-state index in [2.05, 4.69) is 22.3 Å². The Morgan fingerprint density at radius 1 is 1.03 bits per heavy atom. The van der Waals surface area contributed by atoms with Crippen LogP contribution in [0.3, 0.4) is 0 Å². The Kier molecular flexibility index (Phi) is 6.62. The molecule has 0 spiro atoms. The molecule has 2 aliphatic rings. The number of likely N-dealkylation sites (tertiary alicyclic amines) is 2. The Morgan fingerprint density at radius 2 is 1.90 bits per heavy atom. The first kappa shape index (κ1) is 20.1. The highest BCUT2D eigenvalue weighted by Gasteiger charge is 2.29. The van der Waals surface area contributed by atoms with E-state index in [9.17, 15) is 9.59 Å². The standard InChI is InChI=1S/C23H29N3O2S/c27-22(19-8-5-13-26(17-19)23(28)21-10-6-14-29-21)24-20-9-4-7-18(15-20)16-25-11-2-1-3-12-25/h4,6-7,9-10,14-15,19H,1-3,5,8,11-13,16-17H2,(H,24,27). The summed E-state index contributed by atoms with van der Waals surface area (Å²) in [6, 6.07) is 11.9. The fraction of sp³-hybridized carbons (Fsp3) is 0.478. The van der Waals surface area contributed by atoms with Gasteiger partial charge in [0.15, 0.2) is 0 Å². The van der Waals surface area contributed by atoms with E-state index in [-0.39, 0.29) is 17.7 Å². The number of anilines is 1. The summed E-state index contributed by atoms with van der Waals surface area (Å²) < 4.78 is 0. The predicted molar refractivity (Wildman–Crippen MR) is 117 cm³/mol. The van der Waals surface area contributed by atoms with Gasteiger partial charge in [0.1, 0.15) is 0 Å². The van der Waals surface area contributed by atoms with Crippen LogP contribution in [-0.2, 0) is 11.3 Å². The van der Waals surface area contributed by atoms with Crippen LogP contribution < -0.4 is 5.32 Å². The first-order chi connectivity index (χ1) is 14.2. The van der Waals surface area contributed by atoms with Gasteiger partial charge in [0.25, 0.3) is 5.91 Å². The number of thiophene rings is 1. The normalized spacial score (nSPS) is 20.4. The molecule has 29 heavy (non-hydrogen) atoms. The van der Waals surface area contributed by atoms with Crippen molar-refractivity contribution >= 4 is 28.8 Å². The molecule has 2 amide bonds. The first-order valence-electron chi connectivity index (χ1n) is 10.6. The number of piperidine rings is 2. The third-order valence-corrected chi connectivity index (χ3v) is 6.72. The second kappa shape index (κ2) is 9.55. The van der Waals surface area contributed by atoms with Gasteiger partial charge >= 0.3 is 0 Å². The monoisotopic (exact) mass is 411 g/mol. The molecule has 2 saturated heterocycles. The first-order valence-corrected chi connectivity index (χ1v) is 11.5. The van der Waals surface area contributed by atoms with Crippen molar-refractivity contribution < 1.29 is 9.59 Å². The summed E-state index contributed by atoms with van der Waals surface area (Å²) in [5.41, 5.74) is 2.09. The van der Waals surface area contributed by atoms with E-state index in [0.29, 0.717) is 6.54 Å². The molecule has 0 bridgehead atoms. The zero-order valence-electron chi connectivity index (χ0n) is 16.8. The third-order valence-electron chi connectivity index (χ3n) is 5.86. The van der Waals surface area contributed by atoms with Crippen molar-refractivity contribution in [3.63, 3.8) is 0 Å². The van der Waals surface area contributed by atoms with Crippen LogP contribution in [0.1, 0.15) is 47.3 Å². The minimum Gasteiger partial charge on any atom is -0.337 e. The van der Waals surface area contributed by atoms with Crippen molar-refractivity contribution in [2.24, 2.45) is 5.92 Å². The zero-order valence-corrected chi connectivity index (χ0v) is 17.6. The second-order valence-corrected chi connectivity index (χ2v) is 9.04. The molecule has 1 unspecified atom stereocenters. The molecule has 0 saturated carbocycles. The van der Waals surface area contributed by atoms with Crippen LogP contribution in [0.15, 0.2) is 41.8 Å². The molecule has 6 heteroatoms. The van der Waals surface area contributed by atoms with Crippen molar-refractivity contribution in [1.29, 1.82) is 0 Å². The summed E-state index contributed by atoms with van der Waals surface area (Å²) in [6.45, 7) is 4.48. The zero-order chi connectivity index (χ0) is 20.1. The summed E-state index contributed by atoms with van der Waals surface area (Å²) in [7, 11) is 0. The molecule has 1 N–H and O–H groups in total. The number of hydrogen-bond donors (Lipinski definition) is 1. The van der Waals surface area contributed by atoms with Gasteiger partial charge in [-0.25, -0.2) is 0 Å². The number of carbonyl (C=O) groups is 2. The molecular weight excluding hydrogens is 382 g/mol. The van der Waals surface area contributed by atoms with Crippen molar-refractivity contribution in [1.82, 2.24) is 9.80 Å². The van der Waals surface area contributed by atoms with E-state index in [1.807, 2.05) is 34.5 Å². The molecule has 4 rings (SSSR count). The average molecular weight is 412 g/mol. The number of rotatable bonds is 5. The average Bonchev–Trinajstić information content (AvgIpc) is 3.29. The van der Waals surface area contributed by atoms with Crippen LogP contribution in [0.5, 0.6) is 0 Å². The van der Waals surface area contributed by atoms with Gasteiger partial charge in [-0.2, -0.15) is 0 Å². The lowest BCUT2D eigenvalue weighted by molar-refractivity contribution is -0.121. The van der Waals surface area contributed by atoms with E-state index in [1.54, 1.807) is 0 Å². The van der Waals surface area contributed by atoms with E-state index in [4.69, 9.17) is 0 Å². The number of nitrogens with one attached hydrogen (secondary N) is 1. The Balaban J connectivity index is 1.35.